The van der Waals surface area contributed by atoms with Gasteiger partial charge in [-0.2, -0.15) is 0 Å². The summed E-state index contributed by atoms with van der Waals surface area (Å²) in [5.41, 5.74) is 4.83. The number of para-hydroxylation sites is 1. The SMILES string of the molecule is COc1ccc([C@@H](CC(C)C)NC(=O)c2ccc(CN(c3c(C)cccc3C)S(C)(=O)=O)cc2)cc1. The van der Waals surface area contributed by atoms with Crippen molar-refractivity contribution >= 4 is 21.6 Å². The summed E-state index contributed by atoms with van der Waals surface area (Å²) in [7, 11) is -1.88. The molecule has 0 saturated heterocycles. The number of methoxy groups -OCH3 is 1. The number of aryl methyl sites for hydroxylation is 2. The van der Waals surface area contributed by atoms with E-state index in [1.165, 1.54) is 10.6 Å². The van der Waals surface area contributed by atoms with Crippen molar-refractivity contribution in [2.75, 3.05) is 17.7 Å². The highest BCUT2D eigenvalue weighted by Gasteiger charge is 2.22. The van der Waals surface area contributed by atoms with Gasteiger partial charge in [-0.3, -0.25) is 9.10 Å². The zero-order chi connectivity index (χ0) is 26.5. The zero-order valence-corrected chi connectivity index (χ0v) is 22.7. The molecule has 1 amide bonds. The van der Waals surface area contributed by atoms with Crippen LogP contribution in [0.25, 0.3) is 0 Å². The minimum atomic E-state index is -3.51. The monoisotopic (exact) mass is 508 g/mol. The summed E-state index contributed by atoms with van der Waals surface area (Å²) in [6.07, 6.45) is 2.02. The maximum Gasteiger partial charge on any atom is 0.251 e. The average Bonchev–Trinajstić information content (AvgIpc) is 2.82. The minimum absolute atomic E-state index is 0.132. The molecule has 0 heterocycles. The number of carbonyl (C=O) groups excluding carboxylic acids is 1. The lowest BCUT2D eigenvalue weighted by Gasteiger charge is -2.26. The molecule has 1 N–H and O–H groups in total. The number of benzene rings is 3. The first-order valence-electron chi connectivity index (χ1n) is 12.1. The number of anilines is 1. The van der Waals surface area contributed by atoms with Crippen LogP contribution in [0, 0.1) is 19.8 Å². The van der Waals surface area contributed by atoms with E-state index in [9.17, 15) is 13.2 Å². The largest absolute Gasteiger partial charge is 0.497 e. The number of nitrogens with zero attached hydrogens (tertiary/aromatic N) is 1. The molecule has 0 fully saturated rings. The van der Waals surface area contributed by atoms with Crippen LogP contribution < -0.4 is 14.4 Å². The molecule has 0 aliphatic rings. The molecular weight excluding hydrogens is 472 g/mol. The van der Waals surface area contributed by atoms with Gasteiger partial charge in [0.15, 0.2) is 0 Å². The van der Waals surface area contributed by atoms with Crippen molar-refractivity contribution in [3.05, 3.63) is 94.5 Å². The number of sulfonamides is 1. The summed E-state index contributed by atoms with van der Waals surface area (Å²) >= 11 is 0. The Morgan fingerprint density at radius 3 is 2.03 bits per heavy atom. The Kier molecular flexibility index (Phi) is 8.79. The maximum absolute atomic E-state index is 13.1. The van der Waals surface area contributed by atoms with Crippen LogP contribution in [0.5, 0.6) is 5.75 Å². The van der Waals surface area contributed by atoms with E-state index < -0.39 is 10.0 Å². The van der Waals surface area contributed by atoms with Gasteiger partial charge in [0.2, 0.25) is 10.0 Å². The Hall–Kier alpha value is -3.32. The molecule has 3 aromatic carbocycles. The van der Waals surface area contributed by atoms with Crippen LogP contribution in [0.1, 0.15) is 58.9 Å². The molecule has 0 spiro atoms. The number of carbonyl (C=O) groups is 1. The van der Waals surface area contributed by atoms with Gasteiger partial charge < -0.3 is 10.1 Å². The van der Waals surface area contributed by atoms with E-state index in [4.69, 9.17) is 4.74 Å². The predicted molar refractivity (Wildman–Crippen MR) is 146 cm³/mol. The van der Waals surface area contributed by atoms with Crippen molar-refractivity contribution in [3.8, 4) is 5.75 Å². The van der Waals surface area contributed by atoms with Gasteiger partial charge in [0.1, 0.15) is 5.75 Å². The molecule has 0 aliphatic heterocycles. The maximum atomic E-state index is 13.1. The van der Waals surface area contributed by atoms with Crippen LogP contribution in [-0.2, 0) is 16.6 Å². The van der Waals surface area contributed by atoms with Crippen LogP contribution in [0.15, 0.2) is 66.7 Å². The third-order valence-electron chi connectivity index (χ3n) is 6.16. The number of nitrogens with one attached hydrogen (secondary N) is 1. The molecule has 0 saturated carbocycles. The second kappa shape index (κ2) is 11.6. The van der Waals surface area contributed by atoms with Crippen molar-refractivity contribution in [2.45, 2.75) is 46.7 Å². The Bertz CT molecular complexity index is 1260. The fourth-order valence-corrected chi connectivity index (χ4v) is 5.32. The van der Waals surface area contributed by atoms with Crippen LogP contribution in [0.4, 0.5) is 5.69 Å². The molecule has 6 nitrogen and oxygen atoms in total. The molecule has 0 aliphatic carbocycles. The topological polar surface area (TPSA) is 75.7 Å². The second-order valence-electron chi connectivity index (χ2n) is 9.64. The number of rotatable bonds is 10. The lowest BCUT2D eigenvalue weighted by Crippen LogP contribution is -2.31. The molecular formula is C29H36N2O4S. The number of hydrogen-bond acceptors (Lipinski definition) is 4. The number of ether oxygens (including phenoxy) is 1. The van der Waals surface area contributed by atoms with Crippen molar-refractivity contribution in [1.82, 2.24) is 5.32 Å². The summed E-state index contributed by atoms with van der Waals surface area (Å²) < 4.78 is 32.0. The summed E-state index contributed by atoms with van der Waals surface area (Å²) in [5.74, 6) is 0.998. The Morgan fingerprint density at radius 2 is 1.53 bits per heavy atom. The highest BCUT2D eigenvalue weighted by molar-refractivity contribution is 7.92. The third kappa shape index (κ3) is 6.88. The molecule has 36 heavy (non-hydrogen) atoms. The molecule has 0 unspecified atom stereocenters. The van der Waals surface area contributed by atoms with Crippen LogP contribution in [0.2, 0.25) is 0 Å². The lowest BCUT2D eigenvalue weighted by atomic mass is 9.96. The Balaban J connectivity index is 1.79. The molecule has 3 aromatic rings. The van der Waals surface area contributed by atoms with E-state index in [1.807, 2.05) is 68.4 Å². The average molecular weight is 509 g/mol. The van der Waals surface area contributed by atoms with Gasteiger partial charge in [-0.05, 0) is 72.7 Å². The number of hydrogen-bond donors (Lipinski definition) is 1. The Labute approximate surface area is 215 Å². The molecule has 0 radical (unpaired) electrons. The summed E-state index contributed by atoms with van der Waals surface area (Å²) in [6.45, 7) is 8.26. The highest BCUT2D eigenvalue weighted by Crippen LogP contribution is 2.29. The summed E-state index contributed by atoms with van der Waals surface area (Å²) in [6, 6.07) is 20.5. The molecule has 0 bridgehead atoms. The van der Waals surface area contributed by atoms with Gasteiger partial charge in [0, 0.05) is 5.56 Å². The standard InChI is InChI=1S/C29H36N2O4S/c1-20(2)18-27(24-14-16-26(35-5)17-15-24)30-29(32)25-12-10-23(11-13-25)19-31(36(6,33)34)28-21(3)8-7-9-22(28)4/h7-17,20,27H,18-19H2,1-6H3,(H,30,32)/t27-/m1/s1. The van der Waals surface area contributed by atoms with Gasteiger partial charge in [-0.15, -0.1) is 0 Å². The molecule has 3 rings (SSSR count). The lowest BCUT2D eigenvalue weighted by molar-refractivity contribution is 0.0932. The van der Waals surface area contributed by atoms with E-state index in [0.29, 0.717) is 17.2 Å². The first-order chi connectivity index (χ1) is 17.0. The first kappa shape index (κ1) is 27.3. The van der Waals surface area contributed by atoms with Crippen LogP contribution in [-0.4, -0.2) is 27.7 Å². The van der Waals surface area contributed by atoms with Crippen molar-refractivity contribution in [3.63, 3.8) is 0 Å². The van der Waals surface area contributed by atoms with Crippen molar-refractivity contribution < 1.29 is 17.9 Å². The van der Waals surface area contributed by atoms with E-state index in [-0.39, 0.29) is 18.5 Å². The van der Waals surface area contributed by atoms with Gasteiger partial charge in [-0.25, -0.2) is 8.42 Å². The smallest absolute Gasteiger partial charge is 0.251 e. The molecule has 192 valence electrons. The normalized spacial score (nSPS) is 12.3. The van der Waals surface area contributed by atoms with E-state index in [1.54, 1.807) is 19.2 Å². The fraction of sp³-hybridized carbons (Fsp3) is 0.345. The molecule has 7 heteroatoms. The van der Waals surface area contributed by atoms with Crippen LogP contribution in [0.3, 0.4) is 0 Å². The van der Waals surface area contributed by atoms with Gasteiger partial charge in [0.05, 0.1) is 31.6 Å². The number of amides is 1. The van der Waals surface area contributed by atoms with Gasteiger partial charge in [0.25, 0.3) is 5.91 Å². The first-order valence-corrected chi connectivity index (χ1v) is 13.9. The molecule has 0 aromatic heterocycles. The van der Waals surface area contributed by atoms with Crippen molar-refractivity contribution in [1.29, 1.82) is 0 Å². The fourth-order valence-electron chi connectivity index (χ4n) is 4.32. The van der Waals surface area contributed by atoms with Gasteiger partial charge >= 0.3 is 0 Å². The third-order valence-corrected chi connectivity index (χ3v) is 7.27. The Morgan fingerprint density at radius 1 is 0.944 bits per heavy atom. The van der Waals surface area contributed by atoms with Crippen LogP contribution >= 0.6 is 0 Å². The quantitative estimate of drug-likeness (QED) is 0.376. The molecule has 1 atom stereocenters. The van der Waals surface area contributed by atoms with E-state index in [0.717, 1.165) is 34.4 Å². The zero-order valence-electron chi connectivity index (χ0n) is 21.9. The summed E-state index contributed by atoms with van der Waals surface area (Å²) in [5, 5.41) is 3.16. The van der Waals surface area contributed by atoms with Crippen molar-refractivity contribution in [2.24, 2.45) is 5.92 Å². The summed E-state index contributed by atoms with van der Waals surface area (Å²) in [4.78, 5) is 13.1. The van der Waals surface area contributed by atoms with E-state index >= 15 is 0 Å². The van der Waals surface area contributed by atoms with E-state index in [2.05, 4.69) is 19.2 Å². The predicted octanol–water partition coefficient (Wildman–Crippen LogP) is 5.80. The van der Waals surface area contributed by atoms with Gasteiger partial charge in [-0.1, -0.05) is 56.3 Å². The minimum Gasteiger partial charge on any atom is -0.497 e. The second-order valence-corrected chi connectivity index (χ2v) is 11.5. The highest BCUT2D eigenvalue weighted by atomic mass is 32.2.